The molecule has 92 valence electrons. The first-order chi connectivity index (χ1) is 8.83. The fraction of sp³-hybridized carbons (Fsp3) is 0.231. The van der Waals surface area contributed by atoms with Gasteiger partial charge in [0.15, 0.2) is 0 Å². The van der Waals surface area contributed by atoms with Gasteiger partial charge >= 0.3 is 0 Å². The summed E-state index contributed by atoms with van der Waals surface area (Å²) in [6.45, 7) is 2.19. The van der Waals surface area contributed by atoms with Crippen molar-refractivity contribution in [2.75, 3.05) is 23.8 Å². The highest BCUT2D eigenvalue weighted by atomic mass is 16.5. The van der Waals surface area contributed by atoms with Crippen molar-refractivity contribution in [3.05, 3.63) is 42.1 Å². The number of nitrogens with two attached hydrogens (primary N) is 1. The summed E-state index contributed by atoms with van der Waals surface area (Å²) in [6, 6.07) is 9.92. The first-order valence-electron chi connectivity index (χ1n) is 5.87. The molecule has 0 unspecified atom stereocenters. The highest BCUT2D eigenvalue weighted by Crippen LogP contribution is 2.24. The molecule has 2 aromatic rings. The maximum Gasteiger partial charge on any atom is 0.221 e. The van der Waals surface area contributed by atoms with Gasteiger partial charge in [-0.1, -0.05) is 18.2 Å². The van der Waals surface area contributed by atoms with Crippen molar-refractivity contribution >= 4 is 11.8 Å². The summed E-state index contributed by atoms with van der Waals surface area (Å²) in [5.41, 5.74) is 6.78. The van der Waals surface area contributed by atoms with E-state index in [2.05, 4.69) is 20.9 Å². The third-order valence-corrected chi connectivity index (χ3v) is 2.94. The number of rotatable bonds is 1. The minimum atomic E-state index is 0.297. The Bertz CT molecular complexity index is 558. The number of hydrogen-bond donors (Lipinski definition) is 1. The molecular formula is C13H14N4O. The fourth-order valence-corrected chi connectivity index (χ4v) is 2.06. The fourth-order valence-electron chi connectivity index (χ4n) is 2.06. The number of para-hydroxylation sites is 1. The molecule has 0 spiro atoms. The molecule has 0 saturated heterocycles. The van der Waals surface area contributed by atoms with E-state index < -0.39 is 0 Å². The second-order valence-electron chi connectivity index (χ2n) is 4.15. The van der Waals surface area contributed by atoms with Crippen LogP contribution in [0.3, 0.4) is 0 Å². The maximum absolute atomic E-state index is 5.71. The SMILES string of the molecule is Nc1nccc(N2CCOc3ccccc3C2)n1. The minimum absolute atomic E-state index is 0.297. The van der Waals surface area contributed by atoms with Gasteiger partial charge in [0.05, 0.1) is 6.54 Å². The van der Waals surface area contributed by atoms with E-state index in [1.807, 2.05) is 24.3 Å². The second-order valence-corrected chi connectivity index (χ2v) is 4.15. The van der Waals surface area contributed by atoms with Crippen LogP contribution in [0, 0.1) is 0 Å². The number of hydrogen-bond acceptors (Lipinski definition) is 5. The molecule has 2 heterocycles. The van der Waals surface area contributed by atoms with Crippen LogP contribution in [0.4, 0.5) is 11.8 Å². The molecule has 0 amide bonds. The number of ether oxygens (including phenoxy) is 1. The van der Waals surface area contributed by atoms with Crippen molar-refractivity contribution in [3.8, 4) is 5.75 Å². The molecule has 18 heavy (non-hydrogen) atoms. The number of nitrogens with zero attached hydrogens (tertiary/aromatic N) is 3. The van der Waals surface area contributed by atoms with Gasteiger partial charge in [-0.15, -0.1) is 0 Å². The van der Waals surface area contributed by atoms with E-state index in [4.69, 9.17) is 10.5 Å². The zero-order valence-corrected chi connectivity index (χ0v) is 9.91. The van der Waals surface area contributed by atoms with Crippen LogP contribution in [-0.2, 0) is 6.54 Å². The molecule has 5 nitrogen and oxygen atoms in total. The van der Waals surface area contributed by atoms with E-state index in [-0.39, 0.29) is 0 Å². The monoisotopic (exact) mass is 242 g/mol. The van der Waals surface area contributed by atoms with Crippen molar-refractivity contribution in [1.82, 2.24) is 9.97 Å². The topological polar surface area (TPSA) is 64.3 Å². The number of anilines is 2. The summed E-state index contributed by atoms with van der Waals surface area (Å²) < 4.78 is 5.71. The second kappa shape index (κ2) is 4.52. The number of benzene rings is 1. The van der Waals surface area contributed by atoms with Crippen LogP contribution in [0.2, 0.25) is 0 Å². The smallest absolute Gasteiger partial charge is 0.221 e. The lowest BCUT2D eigenvalue weighted by atomic mass is 10.2. The van der Waals surface area contributed by atoms with Crippen LogP contribution >= 0.6 is 0 Å². The summed E-state index contributed by atoms with van der Waals surface area (Å²) in [6.07, 6.45) is 1.68. The number of nitrogen functional groups attached to an aromatic ring is 1. The highest BCUT2D eigenvalue weighted by Gasteiger charge is 2.16. The summed E-state index contributed by atoms with van der Waals surface area (Å²) in [5.74, 6) is 2.08. The third-order valence-electron chi connectivity index (χ3n) is 2.94. The Morgan fingerprint density at radius 1 is 1.22 bits per heavy atom. The number of aromatic nitrogens is 2. The zero-order chi connectivity index (χ0) is 12.4. The van der Waals surface area contributed by atoms with Gasteiger partial charge in [-0.2, -0.15) is 4.98 Å². The van der Waals surface area contributed by atoms with E-state index in [9.17, 15) is 0 Å². The van der Waals surface area contributed by atoms with Gasteiger partial charge in [-0.25, -0.2) is 4.98 Å². The van der Waals surface area contributed by atoms with E-state index in [0.717, 1.165) is 30.2 Å². The molecule has 0 bridgehead atoms. The first kappa shape index (κ1) is 10.8. The van der Waals surface area contributed by atoms with Crippen LogP contribution in [0.25, 0.3) is 0 Å². The van der Waals surface area contributed by atoms with E-state index in [1.165, 1.54) is 0 Å². The Hall–Kier alpha value is -2.30. The molecule has 0 saturated carbocycles. The summed E-state index contributed by atoms with van der Waals surface area (Å²) in [4.78, 5) is 10.3. The predicted molar refractivity (Wildman–Crippen MR) is 69.4 cm³/mol. The van der Waals surface area contributed by atoms with Crippen molar-refractivity contribution in [2.45, 2.75) is 6.54 Å². The van der Waals surface area contributed by atoms with Crippen LogP contribution in [-0.4, -0.2) is 23.1 Å². The summed E-state index contributed by atoms with van der Waals surface area (Å²) >= 11 is 0. The quantitative estimate of drug-likeness (QED) is 0.820. The molecule has 2 N–H and O–H groups in total. The molecule has 5 heteroatoms. The van der Waals surface area contributed by atoms with Gasteiger partial charge < -0.3 is 15.4 Å². The van der Waals surface area contributed by atoms with Gasteiger partial charge in [0, 0.05) is 18.3 Å². The summed E-state index contributed by atoms with van der Waals surface area (Å²) in [7, 11) is 0. The van der Waals surface area contributed by atoms with E-state index in [0.29, 0.717) is 12.6 Å². The molecular weight excluding hydrogens is 228 g/mol. The van der Waals surface area contributed by atoms with Gasteiger partial charge in [0.2, 0.25) is 5.95 Å². The van der Waals surface area contributed by atoms with Gasteiger partial charge in [0.1, 0.15) is 18.2 Å². The minimum Gasteiger partial charge on any atom is -0.491 e. The molecule has 0 fully saturated rings. The molecule has 0 aliphatic carbocycles. The van der Waals surface area contributed by atoms with E-state index in [1.54, 1.807) is 6.20 Å². The molecule has 0 atom stereocenters. The van der Waals surface area contributed by atoms with Crippen LogP contribution in [0.15, 0.2) is 36.5 Å². The Morgan fingerprint density at radius 3 is 3.00 bits per heavy atom. The van der Waals surface area contributed by atoms with E-state index >= 15 is 0 Å². The van der Waals surface area contributed by atoms with Crippen LogP contribution in [0.1, 0.15) is 5.56 Å². The van der Waals surface area contributed by atoms with Crippen LogP contribution < -0.4 is 15.4 Å². The Balaban J connectivity index is 1.91. The Kier molecular flexibility index (Phi) is 2.72. The lowest BCUT2D eigenvalue weighted by molar-refractivity contribution is 0.331. The lowest BCUT2D eigenvalue weighted by Crippen LogP contribution is -2.26. The standard InChI is InChI=1S/C13H14N4O/c14-13-15-6-5-12(16-13)17-7-8-18-11-4-2-1-3-10(11)9-17/h1-6H,7-9H2,(H2,14,15,16). The number of fused-ring (bicyclic) bond motifs is 1. The zero-order valence-electron chi connectivity index (χ0n) is 9.91. The molecule has 1 aliphatic rings. The Labute approximate surface area is 105 Å². The lowest BCUT2D eigenvalue weighted by Gasteiger charge is -2.20. The van der Waals surface area contributed by atoms with Gasteiger partial charge in [0.25, 0.3) is 0 Å². The van der Waals surface area contributed by atoms with Crippen molar-refractivity contribution in [1.29, 1.82) is 0 Å². The molecule has 3 rings (SSSR count). The summed E-state index contributed by atoms with van der Waals surface area (Å²) in [5, 5.41) is 0. The Morgan fingerprint density at radius 2 is 2.11 bits per heavy atom. The van der Waals surface area contributed by atoms with Crippen molar-refractivity contribution in [3.63, 3.8) is 0 Å². The third kappa shape index (κ3) is 2.07. The normalized spacial score (nSPS) is 14.6. The highest BCUT2D eigenvalue weighted by molar-refractivity contribution is 5.45. The van der Waals surface area contributed by atoms with Crippen LogP contribution in [0.5, 0.6) is 5.75 Å². The van der Waals surface area contributed by atoms with Crippen molar-refractivity contribution < 1.29 is 4.74 Å². The maximum atomic E-state index is 5.71. The van der Waals surface area contributed by atoms with Gasteiger partial charge in [-0.05, 0) is 12.1 Å². The van der Waals surface area contributed by atoms with Gasteiger partial charge in [-0.3, -0.25) is 0 Å². The predicted octanol–water partition coefficient (Wildman–Crippen LogP) is 1.46. The molecule has 0 radical (unpaired) electrons. The molecule has 1 aromatic heterocycles. The first-order valence-corrected chi connectivity index (χ1v) is 5.87. The largest absolute Gasteiger partial charge is 0.491 e. The molecule has 1 aliphatic heterocycles. The average molecular weight is 242 g/mol. The average Bonchev–Trinajstić information content (AvgIpc) is 2.60. The molecule has 1 aromatic carbocycles. The van der Waals surface area contributed by atoms with Crippen molar-refractivity contribution in [2.24, 2.45) is 0 Å².